The lowest BCUT2D eigenvalue weighted by Gasteiger charge is -2.42. The van der Waals surface area contributed by atoms with Crippen molar-refractivity contribution in [3.8, 4) is 0 Å². The molecule has 32 heavy (non-hydrogen) atoms. The number of urea groups is 1. The van der Waals surface area contributed by atoms with Gasteiger partial charge in [0.2, 0.25) is 11.8 Å². The number of nitrogens with zero attached hydrogens (tertiary/aromatic N) is 1. The fourth-order valence-corrected chi connectivity index (χ4v) is 4.80. The largest absolute Gasteiger partial charge is 0.325 e. The highest BCUT2D eigenvalue weighted by Crippen LogP contribution is 2.45. The number of imide groups is 1. The minimum Gasteiger partial charge on any atom is -0.325 e. The van der Waals surface area contributed by atoms with Gasteiger partial charge < -0.3 is 16.0 Å². The van der Waals surface area contributed by atoms with Gasteiger partial charge >= 0.3 is 6.03 Å². The number of amides is 5. The summed E-state index contributed by atoms with van der Waals surface area (Å²) in [4.78, 5) is 50.3. The van der Waals surface area contributed by atoms with Crippen LogP contribution in [0.1, 0.15) is 59.8 Å². The molecule has 174 valence electrons. The average Bonchev–Trinajstić information content (AvgIpc) is 2.94. The minimum absolute atomic E-state index is 0.198. The van der Waals surface area contributed by atoms with Crippen LogP contribution in [0, 0.1) is 11.3 Å². The number of anilines is 2. The molecule has 1 heterocycles. The van der Waals surface area contributed by atoms with E-state index in [4.69, 9.17) is 11.6 Å². The van der Waals surface area contributed by atoms with Crippen molar-refractivity contribution in [2.75, 3.05) is 17.2 Å². The van der Waals surface area contributed by atoms with E-state index >= 15 is 0 Å². The zero-order chi connectivity index (χ0) is 23.7. The van der Waals surface area contributed by atoms with Crippen LogP contribution >= 0.6 is 11.6 Å². The Hall–Kier alpha value is -2.61. The Labute approximate surface area is 193 Å². The molecule has 0 bridgehead atoms. The summed E-state index contributed by atoms with van der Waals surface area (Å²) in [7, 11) is 0. The molecule has 1 saturated carbocycles. The number of nitrogens with one attached hydrogen (secondary N) is 3. The Morgan fingerprint density at radius 1 is 1.22 bits per heavy atom. The molecular formula is C23H31ClN4O4. The fraction of sp³-hybridized carbons (Fsp3) is 0.565. The van der Waals surface area contributed by atoms with Gasteiger partial charge in [-0.1, -0.05) is 38.8 Å². The Kier molecular flexibility index (Phi) is 6.83. The summed E-state index contributed by atoms with van der Waals surface area (Å²) < 4.78 is 0. The number of halogens is 1. The molecule has 8 nitrogen and oxygen atoms in total. The summed E-state index contributed by atoms with van der Waals surface area (Å²) in [6.45, 7) is 7.66. The van der Waals surface area contributed by atoms with Crippen LogP contribution in [0.5, 0.6) is 0 Å². The number of carbonyl (C=O) groups is 4. The summed E-state index contributed by atoms with van der Waals surface area (Å²) >= 11 is 6.13. The third-order valence-electron chi connectivity index (χ3n) is 6.97. The number of benzene rings is 1. The van der Waals surface area contributed by atoms with Gasteiger partial charge in [0.25, 0.3) is 5.91 Å². The van der Waals surface area contributed by atoms with E-state index in [0.29, 0.717) is 30.1 Å². The third kappa shape index (κ3) is 4.90. The quantitative estimate of drug-likeness (QED) is 0.552. The Balaban J connectivity index is 1.62. The van der Waals surface area contributed by atoms with Crippen LogP contribution in [0.25, 0.3) is 0 Å². The average molecular weight is 463 g/mol. The summed E-state index contributed by atoms with van der Waals surface area (Å²) in [6.07, 6.45) is 3.97. The molecule has 1 saturated heterocycles. The first-order chi connectivity index (χ1) is 15.0. The van der Waals surface area contributed by atoms with E-state index in [9.17, 15) is 19.2 Å². The van der Waals surface area contributed by atoms with Gasteiger partial charge in [-0.25, -0.2) is 4.79 Å². The maximum atomic E-state index is 13.1. The van der Waals surface area contributed by atoms with E-state index in [1.54, 1.807) is 12.1 Å². The van der Waals surface area contributed by atoms with Crippen LogP contribution in [0.15, 0.2) is 18.2 Å². The van der Waals surface area contributed by atoms with E-state index < -0.39 is 17.5 Å². The summed E-state index contributed by atoms with van der Waals surface area (Å²) in [5, 5.41) is 8.35. The van der Waals surface area contributed by atoms with Crippen LogP contribution in [-0.2, 0) is 14.4 Å². The van der Waals surface area contributed by atoms with Gasteiger partial charge in [0, 0.05) is 12.6 Å². The molecule has 2 fully saturated rings. The van der Waals surface area contributed by atoms with Gasteiger partial charge in [-0.3, -0.25) is 19.3 Å². The summed E-state index contributed by atoms with van der Waals surface area (Å²) in [5.74, 6) is -0.590. The third-order valence-corrected chi connectivity index (χ3v) is 7.28. The zero-order valence-corrected chi connectivity index (χ0v) is 19.8. The van der Waals surface area contributed by atoms with Crippen molar-refractivity contribution in [3.63, 3.8) is 0 Å². The van der Waals surface area contributed by atoms with Crippen LogP contribution < -0.4 is 16.0 Å². The fourth-order valence-electron chi connectivity index (χ4n) is 4.57. The molecule has 3 rings (SSSR count). The predicted octanol–water partition coefficient (Wildman–Crippen LogP) is 4.15. The van der Waals surface area contributed by atoms with Crippen molar-refractivity contribution in [1.82, 2.24) is 10.2 Å². The van der Waals surface area contributed by atoms with E-state index in [2.05, 4.69) is 36.7 Å². The topological polar surface area (TPSA) is 108 Å². The molecule has 2 aliphatic rings. The van der Waals surface area contributed by atoms with Crippen LogP contribution in [0.2, 0.25) is 5.02 Å². The van der Waals surface area contributed by atoms with Crippen LogP contribution in [0.4, 0.5) is 16.2 Å². The Morgan fingerprint density at radius 3 is 2.44 bits per heavy atom. The standard InChI is InChI=1S/C23H31ClN4O4/c1-5-22(3,4)15-8-10-23(11-9-15)20(31)28(21(32)27-23)13-19(30)26-16-6-7-18(17(24)12-16)25-14(2)29/h6-7,12,15H,5,8-11,13H2,1-4H3,(H,25,29)(H,26,30)(H,27,32). The van der Waals surface area contributed by atoms with Crippen molar-refractivity contribution in [2.24, 2.45) is 11.3 Å². The number of rotatable bonds is 6. The van der Waals surface area contributed by atoms with E-state index in [1.807, 2.05) is 0 Å². The lowest BCUT2D eigenvalue weighted by atomic mass is 9.65. The highest BCUT2D eigenvalue weighted by Gasteiger charge is 2.53. The van der Waals surface area contributed by atoms with Crippen molar-refractivity contribution >= 4 is 46.7 Å². The molecule has 0 aromatic heterocycles. The van der Waals surface area contributed by atoms with Crippen molar-refractivity contribution in [1.29, 1.82) is 0 Å². The number of hydrogen-bond donors (Lipinski definition) is 3. The predicted molar refractivity (Wildman–Crippen MR) is 123 cm³/mol. The second-order valence-corrected chi connectivity index (χ2v) is 9.85. The van der Waals surface area contributed by atoms with Gasteiger partial charge in [0.05, 0.1) is 10.7 Å². The highest BCUT2D eigenvalue weighted by molar-refractivity contribution is 6.34. The molecule has 1 aromatic carbocycles. The molecule has 1 aliphatic carbocycles. The van der Waals surface area contributed by atoms with E-state index in [-0.39, 0.29) is 28.8 Å². The Morgan fingerprint density at radius 2 is 1.88 bits per heavy atom. The van der Waals surface area contributed by atoms with Crippen molar-refractivity contribution in [3.05, 3.63) is 23.2 Å². The normalized spacial score (nSPS) is 23.3. The van der Waals surface area contributed by atoms with Gasteiger partial charge in [-0.05, 0) is 55.2 Å². The molecule has 1 aliphatic heterocycles. The molecule has 5 amide bonds. The van der Waals surface area contributed by atoms with Gasteiger partial charge in [-0.2, -0.15) is 0 Å². The van der Waals surface area contributed by atoms with Crippen molar-refractivity contribution < 1.29 is 19.2 Å². The van der Waals surface area contributed by atoms with Crippen LogP contribution in [0.3, 0.4) is 0 Å². The molecule has 1 spiro atoms. The highest BCUT2D eigenvalue weighted by atomic mass is 35.5. The van der Waals surface area contributed by atoms with E-state index in [0.717, 1.165) is 24.2 Å². The van der Waals surface area contributed by atoms with Gasteiger partial charge in [0.1, 0.15) is 12.1 Å². The maximum Gasteiger partial charge on any atom is 0.325 e. The smallest absolute Gasteiger partial charge is 0.325 e. The van der Waals surface area contributed by atoms with Gasteiger partial charge in [0.15, 0.2) is 0 Å². The molecule has 1 aromatic rings. The second kappa shape index (κ2) is 9.10. The lowest BCUT2D eigenvalue weighted by Crippen LogP contribution is -2.51. The first kappa shape index (κ1) is 24.0. The van der Waals surface area contributed by atoms with Crippen LogP contribution in [-0.4, -0.2) is 40.7 Å². The lowest BCUT2D eigenvalue weighted by molar-refractivity contribution is -0.135. The first-order valence-corrected chi connectivity index (χ1v) is 11.4. The summed E-state index contributed by atoms with van der Waals surface area (Å²) in [6, 6.07) is 4.11. The molecule has 0 unspecified atom stereocenters. The molecule has 3 N–H and O–H groups in total. The summed E-state index contributed by atoms with van der Waals surface area (Å²) in [5.41, 5.74) is 0.123. The molecule has 0 atom stereocenters. The van der Waals surface area contributed by atoms with Crippen molar-refractivity contribution in [2.45, 2.75) is 65.3 Å². The Bertz CT molecular complexity index is 938. The monoisotopic (exact) mass is 462 g/mol. The second-order valence-electron chi connectivity index (χ2n) is 9.44. The number of carbonyl (C=O) groups excluding carboxylic acids is 4. The van der Waals surface area contributed by atoms with Gasteiger partial charge in [-0.15, -0.1) is 0 Å². The molecule has 0 radical (unpaired) electrons. The first-order valence-electron chi connectivity index (χ1n) is 11.0. The molecular weight excluding hydrogens is 432 g/mol. The number of hydrogen-bond acceptors (Lipinski definition) is 4. The maximum absolute atomic E-state index is 13.1. The SMILES string of the molecule is CCC(C)(C)C1CCC2(CC1)NC(=O)N(CC(=O)Nc1ccc(NC(C)=O)c(Cl)c1)C2=O. The zero-order valence-electron chi connectivity index (χ0n) is 19.0. The molecule has 9 heteroatoms. The minimum atomic E-state index is -0.902. The van der Waals surface area contributed by atoms with E-state index in [1.165, 1.54) is 13.0 Å².